The minimum absolute atomic E-state index is 0.0926. The van der Waals surface area contributed by atoms with Crippen LogP contribution in [0.25, 0.3) is 0 Å². The Morgan fingerprint density at radius 1 is 1.23 bits per heavy atom. The zero-order chi connectivity index (χ0) is 23.0. The fourth-order valence-corrected chi connectivity index (χ4v) is 4.30. The summed E-state index contributed by atoms with van der Waals surface area (Å²) in [6.45, 7) is 3.37. The lowest BCUT2D eigenvalue weighted by Gasteiger charge is -2.39. The summed E-state index contributed by atoms with van der Waals surface area (Å²) in [5.41, 5.74) is -3.14. The van der Waals surface area contributed by atoms with Gasteiger partial charge in [-0.25, -0.2) is 4.39 Å². The first-order chi connectivity index (χ1) is 14.4. The second-order valence-corrected chi connectivity index (χ2v) is 9.00. The lowest BCUT2D eigenvalue weighted by Crippen LogP contribution is -2.49. The summed E-state index contributed by atoms with van der Waals surface area (Å²) in [5.74, 6) is -0.180. The zero-order valence-corrected chi connectivity index (χ0v) is 17.9. The Balaban J connectivity index is 1.98. The van der Waals surface area contributed by atoms with Gasteiger partial charge in [0, 0.05) is 41.0 Å². The second-order valence-electron chi connectivity index (χ2n) is 8.55. The minimum atomic E-state index is -4.97. The highest BCUT2D eigenvalue weighted by molar-refractivity contribution is 6.30. The molecule has 0 amide bonds. The van der Waals surface area contributed by atoms with Crippen LogP contribution in [0.3, 0.4) is 0 Å². The van der Waals surface area contributed by atoms with Crippen LogP contribution in [-0.2, 0) is 11.8 Å². The number of hydrogen-bond donors (Lipinski definition) is 1. The number of hydrogen-bond acceptors (Lipinski definition) is 3. The predicted molar refractivity (Wildman–Crippen MR) is 109 cm³/mol. The average molecular weight is 456 g/mol. The molecule has 1 unspecified atom stereocenters. The van der Waals surface area contributed by atoms with Gasteiger partial charge in [-0.15, -0.1) is 0 Å². The van der Waals surface area contributed by atoms with E-state index in [1.165, 1.54) is 44.2 Å². The SMILES string of the molecule is CC(C)(CC(O)(CC1=C(Cl)CC=C(C#N)C=C1)C(F)(F)F)c1cc(F)cc2c1OCC2. The summed E-state index contributed by atoms with van der Waals surface area (Å²) in [7, 11) is 0. The Morgan fingerprint density at radius 3 is 2.58 bits per heavy atom. The van der Waals surface area contributed by atoms with Gasteiger partial charge in [0.15, 0.2) is 5.60 Å². The molecule has 1 aliphatic carbocycles. The number of nitriles is 1. The summed E-state index contributed by atoms with van der Waals surface area (Å²) < 4.78 is 62.1. The number of fused-ring (bicyclic) bond motifs is 1. The van der Waals surface area contributed by atoms with Crippen LogP contribution in [0.4, 0.5) is 17.6 Å². The Morgan fingerprint density at radius 2 is 1.94 bits per heavy atom. The van der Waals surface area contributed by atoms with E-state index in [0.29, 0.717) is 24.3 Å². The van der Waals surface area contributed by atoms with Crippen molar-refractivity contribution in [2.45, 2.75) is 56.7 Å². The van der Waals surface area contributed by atoms with Crippen LogP contribution in [0.1, 0.15) is 44.2 Å². The number of rotatable bonds is 5. The summed E-state index contributed by atoms with van der Waals surface area (Å²) in [4.78, 5) is 0. The Bertz CT molecular complexity index is 1020. The molecule has 8 heteroatoms. The molecule has 1 aromatic rings. The first-order valence-electron chi connectivity index (χ1n) is 9.77. The van der Waals surface area contributed by atoms with Gasteiger partial charge in [0.1, 0.15) is 11.6 Å². The van der Waals surface area contributed by atoms with Gasteiger partial charge in [0.25, 0.3) is 0 Å². The Kier molecular flexibility index (Phi) is 6.28. The van der Waals surface area contributed by atoms with E-state index in [2.05, 4.69) is 0 Å². The standard InChI is InChI=1S/C23H22ClF4NO2/c1-21(2,18-10-17(25)9-15-7-8-31-20(15)18)13-22(30,23(26,27)28)11-16-5-3-14(12-29)4-6-19(16)24/h3-5,9-10,30H,6-8,11,13H2,1-2H3. The predicted octanol–water partition coefficient (Wildman–Crippen LogP) is 6.01. The average Bonchev–Trinajstić information content (AvgIpc) is 3.05. The second kappa shape index (κ2) is 8.33. The van der Waals surface area contributed by atoms with Gasteiger partial charge in [-0.1, -0.05) is 37.6 Å². The molecule has 0 fully saturated rings. The topological polar surface area (TPSA) is 53.2 Å². The highest BCUT2D eigenvalue weighted by atomic mass is 35.5. The molecule has 166 valence electrons. The van der Waals surface area contributed by atoms with Gasteiger partial charge in [0.2, 0.25) is 0 Å². The van der Waals surface area contributed by atoms with E-state index >= 15 is 0 Å². The highest BCUT2D eigenvalue weighted by Gasteiger charge is 2.56. The fraction of sp³-hybridized carbons (Fsp3) is 0.435. The van der Waals surface area contributed by atoms with Gasteiger partial charge < -0.3 is 9.84 Å². The van der Waals surface area contributed by atoms with Crippen molar-refractivity contribution in [3.63, 3.8) is 0 Å². The molecular formula is C23H22ClF4NO2. The van der Waals surface area contributed by atoms with Crippen molar-refractivity contribution < 1.29 is 27.4 Å². The first kappa shape index (κ1) is 23.4. The van der Waals surface area contributed by atoms with Crippen molar-refractivity contribution in [2.24, 2.45) is 0 Å². The molecule has 0 bridgehead atoms. The van der Waals surface area contributed by atoms with Gasteiger partial charge in [-0.2, -0.15) is 18.4 Å². The van der Waals surface area contributed by atoms with Crippen molar-refractivity contribution in [1.29, 1.82) is 5.26 Å². The molecule has 3 nitrogen and oxygen atoms in total. The summed E-state index contributed by atoms with van der Waals surface area (Å²) in [6, 6.07) is 4.41. The molecule has 1 aliphatic heterocycles. The van der Waals surface area contributed by atoms with Crippen molar-refractivity contribution >= 4 is 11.6 Å². The van der Waals surface area contributed by atoms with Gasteiger partial charge in [-0.05, 0) is 35.6 Å². The highest BCUT2D eigenvalue weighted by Crippen LogP contribution is 2.48. The maximum absolute atomic E-state index is 14.2. The summed E-state index contributed by atoms with van der Waals surface area (Å²) >= 11 is 6.18. The number of aliphatic hydroxyl groups is 1. The molecule has 31 heavy (non-hydrogen) atoms. The van der Waals surface area contributed by atoms with E-state index in [1.54, 1.807) is 0 Å². The van der Waals surface area contributed by atoms with Gasteiger partial charge >= 0.3 is 6.18 Å². The molecule has 0 spiro atoms. The summed E-state index contributed by atoms with van der Waals surface area (Å²) in [5, 5.41) is 20.0. The molecule has 1 aromatic carbocycles. The molecule has 1 heterocycles. The largest absolute Gasteiger partial charge is 0.493 e. The number of ether oxygens (including phenoxy) is 1. The van der Waals surface area contributed by atoms with Crippen LogP contribution >= 0.6 is 11.6 Å². The fourth-order valence-electron chi connectivity index (χ4n) is 4.09. The van der Waals surface area contributed by atoms with Crippen molar-refractivity contribution in [2.75, 3.05) is 6.61 Å². The number of benzene rings is 1. The van der Waals surface area contributed by atoms with Crippen LogP contribution in [0, 0.1) is 17.1 Å². The first-order valence-corrected chi connectivity index (χ1v) is 10.1. The quantitative estimate of drug-likeness (QED) is 0.553. The third-order valence-corrected chi connectivity index (χ3v) is 6.06. The molecular weight excluding hydrogens is 434 g/mol. The Labute approximate surface area is 183 Å². The molecule has 3 rings (SSSR count). The van der Waals surface area contributed by atoms with Crippen LogP contribution in [0.2, 0.25) is 0 Å². The maximum Gasteiger partial charge on any atom is 0.417 e. The van der Waals surface area contributed by atoms with Crippen LogP contribution in [0.15, 0.2) is 46.5 Å². The zero-order valence-electron chi connectivity index (χ0n) is 17.1. The Hall–Kier alpha value is -2.30. The smallest absolute Gasteiger partial charge is 0.417 e. The minimum Gasteiger partial charge on any atom is -0.493 e. The van der Waals surface area contributed by atoms with E-state index in [0.717, 1.165) is 0 Å². The van der Waals surface area contributed by atoms with Crippen molar-refractivity contribution in [3.05, 3.63) is 63.5 Å². The molecule has 0 aromatic heterocycles. The number of alkyl halides is 3. The molecule has 0 radical (unpaired) electrons. The molecule has 1 atom stereocenters. The van der Waals surface area contributed by atoms with E-state index in [4.69, 9.17) is 21.6 Å². The van der Waals surface area contributed by atoms with E-state index in [9.17, 15) is 22.7 Å². The molecule has 0 saturated carbocycles. The number of halogens is 5. The maximum atomic E-state index is 14.2. The van der Waals surface area contributed by atoms with Gasteiger partial charge in [-0.3, -0.25) is 0 Å². The van der Waals surface area contributed by atoms with Crippen molar-refractivity contribution in [1.82, 2.24) is 0 Å². The van der Waals surface area contributed by atoms with E-state index < -0.39 is 35.9 Å². The van der Waals surface area contributed by atoms with Crippen molar-refractivity contribution in [3.8, 4) is 11.8 Å². The van der Waals surface area contributed by atoms with Crippen LogP contribution in [0.5, 0.6) is 5.75 Å². The number of allylic oxidation sites excluding steroid dienone is 5. The van der Waals surface area contributed by atoms with Crippen LogP contribution in [-0.4, -0.2) is 23.5 Å². The van der Waals surface area contributed by atoms with Crippen LogP contribution < -0.4 is 4.74 Å². The van der Waals surface area contributed by atoms with E-state index in [1.807, 2.05) is 6.07 Å². The third kappa shape index (κ3) is 4.81. The molecule has 0 saturated heterocycles. The monoisotopic (exact) mass is 455 g/mol. The molecule has 2 aliphatic rings. The molecule has 1 N–H and O–H groups in total. The lowest BCUT2D eigenvalue weighted by atomic mass is 9.72. The van der Waals surface area contributed by atoms with Gasteiger partial charge in [0.05, 0.1) is 12.7 Å². The normalized spacial score (nSPS) is 18.6. The summed E-state index contributed by atoms with van der Waals surface area (Å²) in [6.07, 6.45) is -1.72. The van der Waals surface area contributed by atoms with E-state index in [-0.39, 0.29) is 28.2 Å². The number of nitrogens with zero attached hydrogens (tertiary/aromatic N) is 1. The lowest BCUT2D eigenvalue weighted by molar-refractivity contribution is -0.266. The third-order valence-electron chi connectivity index (χ3n) is 5.67.